The van der Waals surface area contributed by atoms with Crippen molar-refractivity contribution in [3.8, 4) is 67.3 Å². The van der Waals surface area contributed by atoms with E-state index in [1.807, 2.05) is 30.3 Å². The van der Waals surface area contributed by atoms with Gasteiger partial charge in [0, 0.05) is 22.1 Å². The summed E-state index contributed by atoms with van der Waals surface area (Å²) >= 11 is 0. The highest BCUT2D eigenvalue weighted by Gasteiger charge is 2.36. The van der Waals surface area contributed by atoms with Crippen molar-refractivity contribution in [3.63, 3.8) is 0 Å². The maximum atomic E-state index is 7.65. The number of aromatic nitrogens is 2. The van der Waals surface area contributed by atoms with Crippen molar-refractivity contribution in [2.75, 3.05) is 0 Å². The molecule has 0 amide bonds. The van der Waals surface area contributed by atoms with Crippen LogP contribution in [0.1, 0.15) is 25.0 Å². The quantitative estimate of drug-likeness (QED) is 0.184. The standard InChI is InChI=1S/C44H31N3/c1-44(2)38-25-24-35(45-3)27-37(38)42-36(18-11-19-39(42)44)33-16-10-17-34(26-33)41-28-40(46-43(47-41)32-14-8-5-9-15-32)31-22-20-30(21-23-31)29-12-6-4-7-13-29/h4-28H,1-2H3. The second-order valence-electron chi connectivity index (χ2n) is 12.5. The lowest BCUT2D eigenvalue weighted by atomic mass is 9.82. The van der Waals surface area contributed by atoms with Gasteiger partial charge in [0.05, 0.1) is 18.0 Å². The van der Waals surface area contributed by atoms with E-state index in [9.17, 15) is 0 Å². The molecule has 1 aliphatic rings. The number of rotatable bonds is 5. The van der Waals surface area contributed by atoms with E-state index >= 15 is 0 Å². The van der Waals surface area contributed by atoms with Gasteiger partial charge in [-0.05, 0) is 62.7 Å². The highest BCUT2D eigenvalue weighted by molar-refractivity contribution is 5.94. The first-order valence-electron chi connectivity index (χ1n) is 15.9. The molecular weight excluding hydrogens is 571 g/mol. The number of hydrogen-bond donors (Lipinski definition) is 0. The summed E-state index contributed by atoms with van der Waals surface area (Å²) in [5, 5.41) is 0. The predicted molar refractivity (Wildman–Crippen MR) is 193 cm³/mol. The van der Waals surface area contributed by atoms with Crippen LogP contribution in [-0.4, -0.2) is 9.97 Å². The van der Waals surface area contributed by atoms with E-state index in [1.54, 1.807) is 0 Å². The van der Waals surface area contributed by atoms with Gasteiger partial charge in [-0.2, -0.15) is 0 Å². The van der Waals surface area contributed by atoms with Crippen LogP contribution >= 0.6 is 0 Å². The summed E-state index contributed by atoms with van der Waals surface area (Å²) in [6.45, 7) is 12.2. The highest BCUT2D eigenvalue weighted by Crippen LogP contribution is 2.53. The Hall–Kier alpha value is -6.11. The van der Waals surface area contributed by atoms with Crippen molar-refractivity contribution < 1.29 is 0 Å². The maximum absolute atomic E-state index is 7.65. The molecule has 8 rings (SSSR count). The third kappa shape index (κ3) is 5.01. The van der Waals surface area contributed by atoms with Gasteiger partial charge >= 0.3 is 0 Å². The molecule has 47 heavy (non-hydrogen) atoms. The van der Waals surface area contributed by atoms with Gasteiger partial charge in [0.15, 0.2) is 11.5 Å². The fraction of sp³-hybridized carbons (Fsp3) is 0.0682. The monoisotopic (exact) mass is 601 g/mol. The summed E-state index contributed by atoms with van der Waals surface area (Å²) in [6, 6.07) is 52.6. The van der Waals surface area contributed by atoms with Gasteiger partial charge in [-0.3, -0.25) is 0 Å². The van der Waals surface area contributed by atoms with Gasteiger partial charge in [-0.25, -0.2) is 14.8 Å². The van der Waals surface area contributed by atoms with Crippen LogP contribution in [0, 0.1) is 6.57 Å². The minimum Gasteiger partial charge on any atom is -0.238 e. The normalized spacial score (nSPS) is 12.6. The molecule has 3 heteroatoms. The van der Waals surface area contributed by atoms with Crippen LogP contribution in [-0.2, 0) is 5.41 Å². The van der Waals surface area contributed by atoms with Crippen molar-refractivity contribution in [2.45, 2.75) is 19.3 Å². The first kappa shape index (κ1) is 28.4. The van der Waals surface area contributed by atoms with E-state index < -0.39 is 0 Å². The molecule has 0 saturated carbocycles. The molecule has 1 aromatic heterocycles. The van der Waals surface area contributed by atoms with E-state index in [0.717, 1.165) is 44.8 Å². The average molecular weight is 602 g/mol. The summed E-state index contributed by atoms with van der Waals surface area (Å²) < 4.78 is 0. The number of hydrogen-bond acceptors (Lipinski definition) is 2. The molecule has 0 unspecified atom stereocenters. The van der Waals surface area contributed by atoms with Gasteiger partial charge in [0.1, 0.15) is 0 Å². The fourth-order valence-electron chi connectivity index (χ4n) is 6.87. The SMILES string of the molecule is [C-]#[N+]c1ccc2c(c1)-c1c(-c3cccc(-c4cc(-c5ccc(-c6ccccc6)cc5)nc(-c5ccccc5)n4)c3)cccc1C2(C)C. The molecular formula is C44H31N3. The van der Waals surface area contributed by atoms with E-state index in [0.29, 0.717) is 11.5 Å². The maximum Gasteiger partial charge on any atom is 0.187 e. The van der Waals surface area contributed by atoms with Crippen molar-refractivity contribution in [3.05, 3.63) is 174 Å². The van der Waals surface area contributed by atoms with E-state index in [1.165, 1.54) is 27.8 Å². The van der Waals surface area contributed by atoms with E-state index in [-0.39, 0.29) is 5.41 Å². The minimum absolute atomic E-state index is 0.152. The highest BCUT2D eigenvalue weighted by atomic mass is 14.9. The Bertz CT molecular complexity index is 2310. The van der Waals surface area contributed by atoms with Gasteiger partial charge in [-0.1, -0.05) is 147 Å². The molecule has 222 valence electrons. The van der Waals surface area contributed by atoms with Crippen LogP contribution in [0.4, 0.5) is 5.69 Å². The lowest BCUT2D eigenvalue weighted by Crippen LogP contribution is -2.14. The van der Waals surface area contributed by atoms with E-state index in [4.69, 9.17) is 16.5 Å². The molecule has 1 heterocycles. The fourth-order valence-corrected chi connectivity index (χ4v) is 6.87. The molecule has 0 fully saturated rings. The molecule has 6 aromatic carbocycles. The lowest BCUT2D eigenvalue weighted by Gasteiger charge is -2.21. The number of nitrogens with zero attached hydrogens (tertiary/aromatic N) is 3. The summed E-state index contributed by atoms with van der Waals surface area (Å²) in [6.07, 6.45) is 0. The Morgan fingerprint density at radius 2 is 1.06 bits per heavy atom. The molecule has 0 radical (unpaired) electrons. The summed E-state index contributed by atoms with van der Waals surface area (Å²) in [7, 11) is 0. The van der Waals surface area contributed by atoms with Gasteiger partial charge < -0.3 is 0 Å². The first-order chi connectivity index (χ1) is 23.0. The Morgan fingerprint density at radius 1 is 0.468 bits per heavy atom. The topological polar surface area (TPSA) is 30.1 Å². The molecule has 0 N–H and O–H groups in total. The molecule has 0 bridgehead atoms. The van der Waals surface area contributed by atoms with Crippen molar-refractivity contribution in [1.82, 2.24) is 9.97 Å². The first-order valence-corrected chi connectivity index (χ1v) is 15.9. The van der Waals surface area contributed by atoms with Crippen LogP contribution in [0.25, 0.3) is 72.1 Å². The molecule has 0 spiro atoms. The zero-order valence-corrected chi connectivity index (χ0v) is 26.3. The Morgan fingerprint density at radius 3 is 1.79 bits per heavy atom. The minimum atomic E-state index is -0.152. The third-order valence-corrected chi connectivity index (χ3v) is 9.33. The second-order valence-corrected chi connectivity index (χ2v) is 12.5. The number of fused-ring (bicyclic) bond motifs is 3. The molecule has 1 aliphatic carbocycles. The zero-order chi connectivity index (χ0) is 32.0. The number of benzene rings is 6. The largest absolute Gasteiger partial charge is 0.238 e. The predicted octanol–water partition coefficient (Wildman–Crippen LogP) is 11.7. The third-order valence-electron chi connectivity index (χ3n) is 9.33. The average Bonchev–Trinajstić information content (AvgIpc) is 3.37. The van der Waals surface area contributed by atoms with Crippen molar-refractivity contribution >= 4 is 5.69 Å². The van der Waals surface area contributed by atoms with Crippen LogP contribution in [0.2, 0.25) is 0 Å². The molecule has 0 saturated heterocycles. The smallest absolute Gasteiger partial charge is 0.187 e. The molecule has 0 atom stereocenters. The van der Waals surface area contributed by atoms with Crippen LogP contribution < -0.4 is 0 Å². The lowest BCUT2D eigenvalue weighted by molar-refractivity contribution is 0.660. The molecule has 3 nitrogen and oxygen atoms in total. The Balaban J connectivity index is 1.26. The van der Waals surface area contributed by atoms with Gasteiger partial charge in [0.25, 0.3) is 0 Å². The van der Waals surface area contributed by atoms with Crippen LogP contribution in [0.15, 0.2) is 152 Å². The zero-order valence-electron chi connectivity index (χ0n) is 26.3. The summed E-state index contributed by atoms with van der Waals surface area (Å²) in [5.74, 6) is 0.693. The van der Waals surface area contributed by atoms with E-state index in [2.05, 4.69) is 140 Å². The Labute approximate surface area is 275 Å². The van der Waals surface area contributed by atoms with Crippen LogP contribution in [0.3, 0.4) is 0 Å². The van der Waals surface area contributed by atoms with Gasteiger partial charge in [0.2, 0.25) is 0 Å². The molecule has 7 aromatic rings. The van der Waals surface area contributed by atoms with Crippen LogP contribution in [0.5, 0.6) is 0 Å². The summed E-state index contributed by atoms with van der Waals surface area (Å²) in [4.78, 5) is 13.9. The molecule has 0 aliphatic heterocycles. The Kier molecular flexibility index (Phi) is 6.85. The van der Waals surface area contributed by atoms with Crippen molar-refractivity contribution in [2.24, 2.45) is 0 Å². The van der Waals surface area contributed by atoms with Gasteiger partial charge in [-0.15, -0.1) is 0 Å². The van der Waals surface area contributed by atoms with Crippen molar-refractivity contribution in [1.29, 1.82) is 0 Å². The second kappa shape index (κ2) is 11.4. The summed E-state index contributed by atoms with van der Waals surface area (Å²) in [5.41, 5.74) is 14.8.